The second-order valence-corrected chi connectivity index (χ2v) is 14.1. The molecule has 6 aromatic carbocycles. The van der Waals surface area contributed by atoms with Crippen molar-refractivity contribution in [1.82, 2.24) is 19.1 Å². The fourth-order valence-corrected chi connectivity index (χ4v) is 8.83. The highest BCUT2D eigenvalue weighted by atomic mass is 32.1. The summed E-state index contributed by atoms with van der Waals surface area (Å²) >= 11 is 1.71. The first kappa shape index (κ1) is 28.3. The normalized spacial score (nSPS) is 11.9. The molecule has 0 aliphatic carbocycles. The molecule has 0 N–H and O–H groups in total. The molecule has 0 spiro atoms. The molecule has 0 saturated carbocycles. The Morgan fingerprint density at radius 1 is 0.373 bits per heavy atom. The standard InChI is InChI=1S/C46H28N4S/c1-3-11-31(12-4-1)49-41-18-10-8-16-34(41)37-27-29(20-25-42(37)49)39-23-22-36-45-44(51-46(36)48-39)26-24-38(47-45)30-19-21-35-33-15-7-9-17-40(33)50(43(35)28-30)32-13-5-2-6-14-32/h1-28H. The maximum Gasteiger partial charge on any atom is 0.126 e. The Labute approximate surface area is 297 Å². The Hall–Kier alpha value is -6.56. The Morgan fingerprint density at radius 3 is 1.65 bits per heavy atom. The number of benzene rings is 6. The largest absolute Gasteiger partial charge is 0.309 e. The van der Waals surface area contributed by atoms with Gasteiger partial charge in [0.05, 0.1) is 43.7 Å². The number of aromatic nitrogens is 4. The van der Waals surface area contributed by atoms with Gasteiger partial charge in [0.25, 0.3) is 0 Å². The van der Waals surface area contributed by atoms with Crippen LogP contribution in [0.25, 0.3) is 97.9 Å². The minimum Gasteiger partial charge on any atom is -0.309 e. The van der Waals surface area contributed by atoms with Crippen molar-refractivity contribution in [1.29, 1.82) is 0 Å². The van der Waals surface area contributed by atoms with Gasteiger partial charge in [-0.05, 0) is 78.9 Å². The van der Waals surface area contributed by atoms with Crippen molar-refractivity contribution in [2.24, 2.45) is 0 Å². The molecule has 0 amide bonds. The highest BCUT2D eigenvalue weighted by Gasteiger charge is 2.17. The van der Waals surface area contributed by atoms with Gasteiger partial charge < -0.3 is 9.13 Å². The van der Waals surface area contributed by atoms with Gasteiger partial charge in [-0.1, -0.05) is 91.0 Å². The fraction of sp³-hybridized carbons (Fsp3) is 0. The van der Waals surface area contributed by atoms with E-state index in [2.05, 4.69) is 179 Å². The van der Waals surface area contributed by atoms with E-state index in [9.17, 15) is 0 Å². The van der Waals surface area contributed by atoms with E-state index >= 15 is 0 Å². The Balaban J connectivity index is 1.02. The number of para-hydroxylation sites is 4. The molecule has 0 aliphatic rings. The number of hydrogen-bond donors (Lipinski definition) is 0. The summed E-state index contributed by atoms with van der Waals surface area (Å²) in [5.74, 6) is 0. The zero-order valence-electron chi connectivity index (χ0n) is 27.4. The summed E-state index contributed by atoms with van der Waals surface area (Å²) in [4.78, 5) is 11.5. The van der Waals surface area contributed by atoms with Crippen LogP contribution in [0.15, 0.2) is 170 Å². The second kappa shape index (κ2) is 11.0. The lowest BCUT2D eigenvalue weighted by molar-refractivity contribution is 1.18. The highest BCUT2D eigenvalue weighted by Crippen LogP contribution is 2.39. The minimum absolute atomic E-state index is 0.957. The van der Waals surface area contributed by atoms with Gasteiger partial charge in [0, 0.05) is 49.4 Å². The summed E-state index contributed by atoms with van der Waals surface area (Å²) < 4.78 is 5.84. The van der Waals surface area contributed by atoms with E-state index in [0.717, 1.165) is 54.3 Å². The summed E-state index contributed by atoms with van der Waals surface area (Å²) in [7, 11) is 0. The molecule has 11 aromatic rings. The molecule has 5 heteroatoms. The second-order valence-electron chi connectivity index (χ2n) is 13.0. The summed E-state index contributed by atoms with van der Waals surface area (Å²) in [6, 6.07) is 60.6. The van der Waals surface area contributed by atoms with E-state index in [1.54, 1.807) is 11.3 Å². The van der Waals surface area contributed by atoms with E-state index < -0.39 is 0 Å². The van der Waals surface area contributed by atoms with Crippen molar-refractivity contribution in [3.8, 4) is 33.9 Å². The van der Waals surface area contributed by atoms with Crippen molar-refractivity contribution in [2.75, 3.05) is 0 Å². The van der Waals surface area contributed by atoms with Crippen LogP contribution < -0.4 is 0 Å². The van der Waals surface area contributed by atoms with Gasteiger partial charge in [-0.2, -0.15) is 0 Å². The highest BCUT2D eigenvalue weighted by molar-refractivity contribution is 7.25. The first-order valence-electron chi connectivity index (χ1n) is 17.2. The number of fused-ring (bicyclic) bond motifs is 9. The van der Waals surface area contributed by atoms with E-state index in [1.165, 1.54) is 43.6 Å². The number of rotatable bonds is 4. The van der Waals surface area contributed by atoms with Crippen LogP contribution in [-0.4, -0.2) is 19.1 Å². The average Bonchev–Trinajstić information content (AvgIpc) is 3.85. The zero-order valence-corrected chi connectivity index (χ0v) is 28.2. The topological polar surface area (TPSA) is 35.6 Å². The summed E-state index contributed by atoms with van der Waals surface area (Å²) in [5, 5.41) is 6.03. The Morgan fingerprint density at radius 2 is 0.902 bits per heavy atom. The smallest absolute Gasteiger partial charge is 0.126 e. The molecule has 238 valence electrons. The SMILES string of the molecule is c1ccc(-n2c3ccccc3c3cc(-c4ccc5c(n4)sc4ccc(-c6ccc7c8ccccc8n(-c8ccccc8)c7c6)nc45)ccc32)cc1. The monoisotopic (exact) mass is 668 g/mol. The predicted octanol–water partition coefficient (Wildman–Crippen LogP) is 12.4. The predicted molar refractivity (Wildman–Crippen MR) is 214 cm³/mol. The third-order valence-electron chi connectivity index (χ3n) is 10.1. The maximum atomic E-state index is 5.26. The molecular formula is C46H28N4S. The molecule has 51 heavy (non-hydrogen) atoms. The zero-order chi connectivity index (χ0) is 33.5. The molecule has 0 radical (unpaired) electrons. The lowest BCUT2D eigenvalue weighted by Crippen LogP contribution is -1.93. The summed E-state index contributed by atoms with van der Waals surface area (Å²) in [6.45, 7) is 0. The number of pyridine rings is 2. The number of hydrogen-bond acceptors (Lipinski definition) is 3. The molecule has 5 heterocycles. The first-order chi connectivity index (χ1) is 25.3. The van der Waals surface area contributed by atoms with Gasteiger partial charge in [-0.3, -0.25) is 0 Å². The Kier molecular flexibility index (Phi) is 6.09. The maximum absolute atomic E-state index is 5.26. The molecular weight excluding hydrogens is 641 g/mol. The third-order valence-corrected chi connectivity index (χ3v) is 11.2. The molecule has 0 unspecified atom stereocenters. The van der Waals surface area contributed by atoms with Crippen LogP contribution in [0.4, 0.5) is 0 Å². The van der Waals surface area contributed by atoms with Gasteiger partial charge in [-0.15, -0.1) is 11.3 Å². The Bertz CT molecular complexity index is 3130. The quantitative estimate of drug-likeness (QED) is 0.187. The molecule has 4 nitrogen and oxygen atoms in total. The van der Waals surface area contributed by atoms with Gasteiger partial charge in [0.15, 0.2) is 0 Å². The van der Waals surface area contributed by atoms with Crippen LogP contribution in [0.5, 0.6) is 0 Å². The van der Waals surface area contributed by atoms with E-state index in [4.69, 9.17) is 9.97 Å². The van der Waals surface area contributed by atoms with Crippen molar-refractivity contribution in [3.05, 3.63) is 170 Å². The number of nitrogens with zero attached hydrogens (tertiary/aromatic N) is 4. The van der Waals surface area contributed by atoms with Crippen LogP contribution in [0.1, 0.15) is 0 Å². The molecule has 0 atom stereocenters. The molecule has 0 fully saturated rings. The van der Waals surface area contributed by atoms with Gasteiger partial charge in [0.1, 0.15) is 4.83 Å². The van der Waals surface area contributed by atoms with Crippen LogP contribution in [0.2, 0.25) is 0 Å². The van der Waals surface area contributed by atoms with Gasteiger partial charge in [0.2, 0.25) is 0 Å². The van der Waals surface area contributed by atoms with Crippen molar-refractivity contribution >= 4 is 75.4 Å². The molecule has 0 aliphatic heterocycles. The van der Waals surface area contributed by atoms with Crippen LogP contribution in [0, 0.1) is 0 Å². The third kappa shape index (κ3) is 4.32. The van der Waals surface area contributed by atoms with Crippen molar-refractivity contribution < 1.29 is 0 Å². The van der Waals surface area contributed by atoms with Gasteiger partial charge >= 0.3 is 0 Å². The fourth-order valence-electron chi connectivity index (χ4n) is 7.82. The molecule has 0 saturated heterocycles. The van der Waals surface area contributed by atoms with Gasteiger partial charge in [-0.25, -0.2) is 9.97 Å². The summed E-state index contributed by atoms with van der Waals surface area (Å²) in [6.07, 6.45) is 0. The first-order valence-corrected chi connectivity index (χ1v) is 18.0. The lowest BCUT2D eigenvalue weighted by Gasteiger charge is -2.08. The van der Waals surface area contributed by atoms with Crippen molar-refractivity contribution in [2.45, 2.75) is 0 Å². The number of thiophene rings is 1. The van der Waals surface area contributed by atoms with E-state index in [0.29, 0.717) is 0 Å². The van der Waals surface area contributed by atoms with Crippen LogP contribution >= 0.6 is 11.3 Å². The summed E-state index contributed by atoms with van der Waals surface area (Å²) in [5.41, 5.74) is 12.2. The van der Waals surface area contributed by atoms with Crippen molar-refractivity contribution in [3.63, 3.8) is 0 Å². The lowest BCUT2D eigenvalue weighted by atomic mass is 10.1. The molecule has 0 bridgehead atoms. The van der Waals surface area contributed by atoms with E-state index in [-0.39, 0.29) is 0 Å². The van der Waals surface area contributed by atoms with E-state index in [1.807, 2.05) is 0 Å². The average molecular weight is 669 g/mol. The van der Waals surface area contributed by atoms with Crippen LogP contribution in [-0.2, 0) is 0 Å². The molecule has 5 aromatic heterocycles. The minimum atomic E-state index is 0.957. The molecule has 11 rings (SSSR count). The van der Waals surface area contributed by atoms with Crippen LogP contribution in [0.3, 0.4) is 0 Å².